The van der Waals surface area contributed by atoms with E-state index in [4.69, 9.17) is 5.11 Å². The fourth-order valence-electron chi connectivity index (χ4n) is 2.02. The summed E-state index contributed by atoms with van der Waals surface area (Å²) in [6.45, 7) is 5.24. The molecule has 0 heterocycles. The minimum atomic E-state index is -1.03. The summed E-state index contributed by atoms with van der Waals surface area (Å²) in [4.78, 5) is 23.1. The summed E-state index contributed by atoms with van der Waals surface area (Å²) < 4.78 is 13.1. The van der Waals surface area contributed by atoms with E-state index in [9.17, 15) is 14.0 Å². The monoisotopic (exact) mass is 295 g/mol. The molecule has 1 amide bonds. The zero-order valence-electron chi connectivity index (χ0n) is 12.6. The first-order chi connectivity index (χ1) is 9.81. The minimum Gasteiger partial charge on any atom is -0.480 e. The molecule has 5 heteroatoms. The van der Waals surface area contributed by atoms with Crippen LogP contribution in [-0.2, 0) is 16.0 Å². The van der Waals surface area contributed by atoms with E-state index in [0.717, 1.165) is 5.56 Å². The molecule has 0 fully saturated rings. The topological polar surface area (TPSA) is 66.4 Å². The van der Waals surface area contributed by atoms with Gasteiger partial charge in [-0.15, -0.1) is 0 Å². The summed E-state index contributed by atoms with van der Waals surface area (Å²) in [5, 5.41) is 11.6. The largest absolute Gasteiger partial charge is 0.480 e. The lowest BCUT2D eigenvalue weighted by atomic mass is 9.98. The zero-order valence-corrected chi connectivity index (χ0v) is 12.6. The standard InChI is InChI=1S/C16H22FNO3/c1-10(2)14(16(20)21)18-15(19)11(3)7-8-12-5-4-6-13(17)9-12/h4-6,9-11,14H,7-8H2,1-3H3,(H,18,19)(H,20,21)/t11?,14-/m1/s1. The molecule has 0 bridgehead atoms. The molecule has 2 atom stereocenters. The third-order valence-corrected chi connectivity index (χ3v) is 3.43. The van der Waals surface area contributed by atoms with Gasteiger partial charge in [-0.05, 0) is 36.5 Å². The molecular formula is C16H22FNO3. The molecule has 0 aliphatic rings. The molecule has 1 unspecified atom stereocenters. The number of carboxylic acids is 1. The van der Waals surface area contributed by atoms with Crippen LogP contribution in [0.1, 0.15) is 32.8 Å². The van der Waals surface area contributed by atoms with Crippen molar-refractivity contribution in [3.8, 4) is 0 Å². The summed E-state index contributed by atoms with van der Waals surface area (Å²) in [5.74, 6) is -2.12. The molecule has 116 valence electrons. The number of carbonyl (C=O) groups excluding carboxylic acids is 1. The van der Waals surface area contributed by atoms with Crippen LogP contribution < -0.4 is 5.32 Å². The number of benzene rings is 1. The van der Waals surface area contributed by atoms with Crippen LogP contribution in [0, 0.1) is 17.7 Å². The van der Waals surface area contributed by atoms with E-state index in [-0.39, 0.29) is 23.6 Å². The molecule has 0 aromatic heterocycles. The van der Waals surface area contributed by atoms with Crippen LogP contribution in [-0.4, -0.2) is 23.0 Å². The molecule has 1 rings (SSSR count). The lowest BCUT2D eigenvalue weighted by molar-refractivity contribution is -0.143. The molecule has 21 heavy (non-hydrogen) atoms. The lowest BCUT2D eigenvalue weighted by Crippen LogP contribution is -2.46. The molecule has 1 aromatic rings. The number of carbonyl (C=O) groups is 2. The van der Waals surface area contributed by atoms with Gasteiger partial charge < -0.3 is 10.4 Å². The van der Waals surface area contributed by atoms with Crippen molar-refractivity contribution in [1.82, 2.24) is 5.32 Å². The fraction of sp³-hybridized carbons (Fsp3) is 0.500. The van der Waals surface area contributed by atoms with Crippen LogP contribution in [0.2, 0.25) is 0 Å². The Hall–Kier alpha value is -1.91. The van der Waals surface area contributed by atoms with Crippen molar-refractivity contribution >= 4 is 11.9 Å². The first-order valence-corrected chi connectivity index (χ1v) is 7.09. The van der Waals surface area contributed by atoms with E-state index in [2.05, 4.69) is 5.32 Å². The number of halogens is 1. The van der Waals surface area contributed by atoms with E-state index in [0.29, 0.717) is 12.8 Å². The van der Waals surface area contributed by atoms with Crippen LogP contribution in [0.5, 0.6) is 0 Å². The zero-order chi connectivity index (χ0) is 16.0. The normalized spacial score (nSPS) is 13.8. The van der Waals surface area contributed by atoms with Crippen LogP contribution in [0.15, 0.2) is 24.3 Å². The first-order valence-electron chi connectivity index (χ1n) is 7.09. The van der Waals surface area contributed by atoms with Crippen molar-refractivity contribution in [2.24, 2.45) is 11.8 Å². The average Bonchev–Trinajstić information content (AvgIpc) is 2.41. The number of hydrogen-bond acceptors (Lipinski definition) is 2. The molecule has 0 radical (unpaired) electrons. The van der Waals surface area contributed by atoms with Gasteiger partial charge in [0.1, 0.15) is 11.9 Å². The number of aliphatic carboxylic acids is 1. The van der Waals surface area contributed by atoms with Crippen LogP contribution in [0.25, 0.3) is 0 Å². The highest BCUT2D eigenvalue weighted by Gasteiger charge is 2.25. The second-order valence-corrected chi connectivity index (χ2v) is 5.64. The SMILES string of the molecule is CC(CCc1cccc(F)c1)C(=O)N[C@@H](C(=O)O)C(C)C. The van der Waals surface area contributed by atoms with Crippen molar-refractivity contribution in [2.75, 3.05) is 0 Å². The molecule has 4 nitrogen and oxygen atoms in total. The molecule has 0 aliphatic carbocycles. The molecule has 0 saturated heterocycles. The maximum absolute atomic E-state index is 13.1. The first kappa shape index (κ1) is 17.1. The Morgan fingerprint density at radius 3 is 2.48 bits per heavy atom. The number of carboxylic acid groups (broad SMARTS) is 1. The quantitative estimate of drug-likeness (QED) is 0.812. The average molecular weight is 295 g/mol. The minimum absolute atomic E-state index is 0.179. The van der Waals surface area contributed by atoms with E-state index < -0.39 is 12.0 Å². The van der Waals surface area contributed by atoms with Crippen LogP contribution >= 0.6 is 0 Å². The van der Waals surface area contributed by atoms with Crippen LogP contribution in [0.4, 0.5) is 4.39 Å². The van der Waals surface area contributed by atoms with Gasteiger partial charge in [0.05, 0.1) is 0 Å². The number of nitrogens with one attached hydrogen (secondary N) is 1. The lowest BCUT2D eigenvalue weighted by Gasteiger charge is -2.20. The number of hydrogen-bond donors (Lipinski definition) is 2. The summed E-state index contributed by atoms with van der Waals surface area (Å²) in [6.07, 6.45) is 1.12. The van der Waals surface area contributed by atoms with Crippen LogP contribution in [0.3, 0.4) is 0 Å². The Labute approximate surface area is 124 Å². The van der Waals surface area contributed by atoms with Crippen molar-refractivity contribution < 1.29 is 19.1 Å². The Morgan fingerprint density at radius 1 is 1.29 bits per heavy atom. The van der Waals surface area contributed by atoms with Gasteiger partial charge >= 0.3 is 5.97 Å². The Bertz CT molecular complexity index is 502. The number of aryl methyl sites for hydroxylation is 1. The molecule has 0 spiro atoms. The van der Waals surface area contributed by atoms with Crippen molar-refractivity contribution in [3.63, 3.8) is 0 Å². The number of amides is 1. The van der Waals surface area contributed by atoms with Crippen molar-refractivity contribution in [1.29, 1.82) is 0 Å². The highest BCUT2D eigenvalue weighted by Crippen LogP contribution is 2.12. The molecule has 2 N–H and O–H groups in total. The van der Waals surface area contributed by atoms with E-state index >= 15 is 0 Å². The van der Waals surface area contributed by atoms with Gasteiger partial charge in [0.25, 0.3) is 0 Å². The summed E-state index contributed by atoms with van der Waals surface area (Å²) in [7, 11) is 0. The third kappa shape index (κ3) is 5.53. The smallest absolute Gasteiger partial charge is 0.326 e. The van der Waals surface area contributed by atoms with Gasteiger partial charge in [0, 0.05) is 5.92 Å². The molecule has 0 aliphatic heterocycles. The Balaban J connectivity index is 2.53. The van der Waals surface area contributed by atoms with Gasteiger partial charge in [-0.1, -0.05) is 32.9 Å². The predicted molar refractivity (Wildman–Crippen MR) is 78.3 cm³/mol. The van der Waals surface area contributed by atoms with Crippen molar-refractivity contribution in [3.05, 3.63) is 35.6 Å². The highest BCUT2D eigenvalue weighted by molar-refractivity contribution is 5.84. The fourth-order valence-corrected chi connectivity index (χ4v) is 2.02. The second-order valence-electron chi connectivity index (χ2n) is 5.64. The second kappa shape index (κ2) is 7.76. The Kier molecular flexibility index (Phi) is 6.34. The summed E-state index contributed by atoms with van der Waals surface area (Å²) >= 11 is 0. The number of rotatable bonds is 7. The van der Waals surface area contributed by atoms with E-state index in [1.54, 1.807) is 26.8 Å². The van der Waals surface area contributed by atoms with E-state index in [1.165, 1.54) is 12.1 Å². The van der Waals surface area contributed by atoms with Gasteiger partial charge in [-0.2, -0.15) is 0 Å². The van der Waals surface area contributed by atoms with Gasteiger partial charge in [-0.3, -0.25) is 4.79 Å². The summed E-state index contributed by atoms with van der Waals surface area (Å²) in [5.41, 5.74) is 0.827. The van der Waals surface area contributed by atoms with E-state index in [1.807, 2.05) is 6.07 Å². The predicted octanol–water partition coefficient (Wildman–Crippen LogP) is 2.62. The molecule has 0 saturated carbocycles. The maximum Gasteiger partial charge on any atom is 0.326 e. The van der Waals surface area contributed by atoms with Gasteiger partial charge in [-0.25, -0.2) is 9.18 Å². The van der Waals surface area contributed by atoms with Crippen molar-refractivity contribution in [2.45, 2.75) is 39.7 Å². The Morgan fingerprint density at radius 2 is 1.95 bits per heavy atom. The maximum atomic E-state index is 13.1. The van der Waals surface area contributed by atoms with Gasteiger partial charge in [0.15, 0.2) is 0 Å². The van der Waals surface area contributed by atoms with Gasteiger partial charge in [0.2, 0.25) is 5.91 Å². The molecular weight excluding hydrogens is 273 g/mol. The summed E-state index contributed by atoms with van der Waals surface area (Å²) in [6, 6.07) is 5.38. The third-order valence-electron chi connectivity index (χ3n) is 3.43. The molecule has 1 aromatic carbocycles. The highest BCUT2D eigenvalue weighted by atomic mass is 19.1.